The molecule has 104 valence electrons. The smallest absolute Gasteiger partial charge is 0.323 e. The molecule has 0 radical (unpaired) electrons. The van der Waals surface area contributed by atoms with Gasteiger partial charge in [0, 0.05) is 26.4 Å². The quantitative estimate of drug-likeness (QED) is 0.593. The molecule has 0 saturated carbocycles. The van der Waals surface area contributed by atoms with Crippen molar-refractivity contribution in [3.63, 3.8) is 0 Å². The zero-order valence-electron chi connectivity index (χ0n) is 11.1. The number of nitrogens with one attached hydrogen (secondary N) is 1. The second-order valence-electron chi connectivity index (χ2n) is 4.10. The molecule has 0 unspecified atom stereocenters. The second-order valence-corrected chi connectivity index (χ2v) is 4.10. The summed E-state index contributed by atoms with van der Waals surface area (Å²) >= 11 is 0. The van der Waals surface area contributed by atoms with E-state index in [0.29, 0.717) is 25.9 Å². The van der Waals surface area contributed by atoms with Crippen molar-refractivity contribution < 1.29 is 19.5 Å². The van der Waals surface area contributed by atoms with Crippen molar-refractivity contribution in [1.29, 1.82) is 0 Å². The van der Waals surface area contributed by atoms with Gasteiger partial charge in [-0.15, -0.1) is 0 Å². The third kappa shape index (κ3) is 8.55. The maximum Gasteiger partial charge on any atom is 0.323 e. The Labute approximate surface area is 107 Å². The lowest BCUT2D eigenvalue weighted by Gasteiger charge is -2.18. The van der Waals surface area contributed by atoms with E-state index in [9.17, 15) is 14.4 Å². The van der Waals surface area contributed by atoms with Crippen LogP contribution in [0.5, 0.6) is 0 Å². The van der Waals surface area contributed by atoms with Crippen LogP contribution < -0.4 is 5.32 Å². The summed E-state index contributed by atoms with van der Waals surface area (Å²) in [5.41, 5.74) is 0. The number of carboxylic acids is 1. The van der Waals surface area contributed by atoms with Crippen LogP contribution in [0.2, 0.25) is 0 Å². The molecular formula is C12H22N2O4. The average molecular weight is 258 g/mol. The Hall–Kier alpha value is -1.59. The molecule has 0 saturated heterocycles. The minimum absolute atomic E-state index is 0.0512. The number of hydrogen-bond acceptors (Lipinski definition) is 3. The van der Waals surface area contributed by atoms with Gasteiger partial charge in [-0.05, 0) is 19.8 Å². The first-order valence-corrected chi connectivity index (χ1v) is 6.21. The molecule has 0 atom stereocenters. The van der Waals surface area contributed by atoms with Gasteiger partial charge in [0.25, 0.3) is 0 Å². The predicted octanol–water partition coefficient (Wildman–Crippen LogP) is 0.616. The Morgan fingerprint density at radius 1 is 1.17 bits per heavy atom. The third-order valence-corrected chi connectivity index (χ3v) is 2.50. The van der Waals surface area contributed by atoms with Crippen LogP contribution in [-0.2, 0) is 14.4 Å². The van der Waals surface area contributed by atoms with Crippen molar-refractivity contribution in [2.45, 2.75) is 39.5 Å². The SMILES string of the molecule is CCN(CC(=O)O)C(=O)CCCCCNC(C)=O. The summed E-state index contributed by atoms with van der Waals surface area (Å²) in [7, 11) is 0. The molecule has 18 heavy (non-hydrogen) atoms. The van der Waals surface area contributed by atoms with Crippen LogP contribution in [0.4, 0.5) is 0 Å². The number of aliphatic carboxylic acids is 1. The second kappa shape index (κ2) is 9.44. The Morgan fingerprint density at radius 3 is 2.33 bits per heavy atom. The fourth-order valence-electron chi connectivity index (χ4n) is 1.54. The number of carboxylic acid groups (broad SMARTS) is 1. The van der Waals surface area contributed by atoms with Crippen molar-refractivity contribution in [2.75, 3.05) is 19.6 Å². The van der Waals surface area contributed by atoms with Crippen LogP contribution in [-0.4, -0.2) is 47.4 Å². The number of unbranched alkanes of at least 4 members (excludes halogenated alkanes) is 2. The predicted molar refractivity (Wildman–Crippen MR) is 67.0 cm³/mol. The topological polar surface area (TPSA) is 86.7 Å². The summed E-state index contributed by atoms with van der Waals surface area (Å²) in [6.45, 7) is 4.03. The maximum atomic E-state index is 11.6. The minimum Gasteiger partial charge on any atom is -0.480 e. The molecule has 0 aliphatic carbocycles. The molecule has 0 heterocycles. The largest absolute Gasteiger partial charge is 0.480 e. The summed E-state index contributed by atoms with van der Waals surface area (Å²) in [5, 5.41) is 11.3. The van der Waals surface area contributed by atoms with E-state index in [2.05, 4.69) is 5.32 Å². The zero-order chi connectivity index (χ0) is 14.0. The highest BCUT2D eigenvalue weighted by atomic mass is 16.4. The summed E-state index contributed by atoms with van der Waals surface area (Å²) < 4.78 is 0. The third-order valence-electron chi connectivity index (χ3n) is 2.50. The van der Waals surface area contributed by atoms with Gasteiger partial charge in [0.05, 0.1) is 0 Å². The molecule has 0 aromatic heterocycles. The number of hydrogen-bond donors (Lipinski definition) is 2. The molecule has 2 amide bonds. The lowest BCUT2D eigenvalue weighted by molar-refractivity contribution is -0.144. The van der Waals surface area contributed by atoms with E-state index < -0.39 is 5.97 Å². The van der Waals surface area contributed by atoms with Crippen LogP contribution in [0.15, 0.2) is 0 Å². The Morgan fingerprint density at radius 2 is 1.83 bits per heavy atom. The van der Waals surface area contributed by atoms with Gasteiger partial charge in [-0.25, -0.2) is 0 Å². The highest BCUT2D eigenvalue weighted by Gasteiger charge is 2.13. The first-order chi connectivity index (χ1) is 8.47. The van der Waals surface area contributed by atoms with Gasteiger partial charge in [-0.2, -0.15) is 0 Å². The number of amides is 2. The van der Waals surface area contributed by atoms with E-state index in [1.54, 1.807) is 6.92 Å². The lowest BCUT2D eigenvalue weighted by atomic mass is 10.2. The summed E-state index contributed by atoms with van der Waals surface area (Å²) in [6.07, 6.45) is 2.75. The fraction of sp³-hybridized carbons (Fsp3) is 0.750. The summed E-state index contributed by atoms with van der Waals surface area (Å²) in [5.74, 6) is -1.17. The summed E-state index contributed by atoms with van der Waals surface area (Å²) in [4.78, 5) is 34.1. The molecule has 0 aliphatic rings. The first-order valence-electron chi connectivity index (χ1n) is 6.21. The van der Waals surface area contributed by atoms with Crippen molar-refractivity contribution in [2.24, 2.45) is 0 Å². The van der Waals surface area contributed by atoms with Crippen LogP contribution >= 0.6 is 0 Å². The van der Waals surface area contributed by atoms with Crippen LogP contribution in [0, 0.1) is 0 Å². The highest BCUT2D eigenvalue weighted by Crippen LogP contribution is 2.03. The van der Waals surface area contributed by atoms with Crippen LogP contribution in [0.3, 0.4) is 0 Å². The molecule has 2 N–H and O–H groups in total. The van der Waals surface area contributed by atoms with E-state index in [1.807, 2.05) is 0 Å². The lowest BCUT2D eigenvalue weighted by Crippen LogP contribution is -2.35. The van der Waals surface area contributed by atoms with E-state index in [1.165, 1.54) is 11.8 Å². The Kier molecular flexibility index (Phi) is 8.61. The maximum absolute atomic E-state index is 11.6. The van der Waals surface area contributed by atoms with Crippen molar-refractivity contribution in [3.8, 4) is 0 Å². The number of carbonyl (C=O) groups is 3. The zero-order valence-corrected chi connectivity index (χ0v) is 11.1. The summed E-state index contributed by atoms with van der Waals surface area (Å²) in [6, 6.07) is 0. The molecule has 0 spiro atoms. The molecule has 0 fully saturated rings. The normalized spacial score (nSPS) is 9.89. The van der Waals surface area contributed by atoms with Crippen molar-refractivity contribution in [1.82, 2.24) is 10.2 Å². The molecule has 0 aromatic carbocycles. The van der Waals surface area contributed by atoms with Gasteiger partial charge < -0.3 is 15.3 Å². The first kappa shape index (κ1) is 16.4. The fourth-order valence-corrected chi connectivity index (χ4v) is 1.54. The van der Waals surface area contributed by atoms with Gasteiger partial charge in [0.15, 0.2) is 0 Å². The monoisotopic (exact) mass is 258 g/mol. The molecule has 0 rings (SSSR count). The van der Waals surface area contributed by atoms with Gasteiger partial charge >= 0.3 is 5.97 Å². The molecule has 0 aliphatic heterocycles. The standard InChI is InChI=1S/C12H22N2O4/c1-3-14(9-12(17)18)11(16)7-5-4-6-8-13-10(2)15/h3-9H2,1-2H3,(H,13,15)(H,17,18). The van der Waals surface area contributed by atoms with Gasteiger partial charge in [0.2, 0.25) is 11.8 Å². The Bertz CT molecular complexity index is 292. The average Bonchev–Trinajstić information content (AvgIpc) is 2.29. The Balaban J connectivity index is 3.68. The van der Waals surface area contributed by atoms with Gasteiger partial charge in [0.1, 0.15) is 6.54 Å². The van der Waals surface area contributed by atoms with E-state index in [0.717, 1.165) is 12.8 Å². The number of likely N-dealkylation sites (N-methyl/N-ethyl adjacent to an activating group) is 1. The molecule has 0 bridgehead atoms. The van der Waals surface area contributed by atoms with E-state index in [-0.39, 0.29) is 18.4 Å². The molecular weight excluding hydrogens is 236 g/mol. The number of carbonyl (C=O) groups excluding carboxylic acids is 2. The van der Waals surface area contributed by atoms with Crippen molar-refractivity contribution >= 4 is 17.8 Å². The number of nitrogens with zero attached hydrogens (tertiary/aromatic N) is 1. The number of rotatable bonds is 9. The molecule has 6 heteroatoms. The molecule has 6 nitrogen and oxygen atoms in total. The van der Waals surface area contributed by atoms with Crippen molar-refractivity contribution in [3.05, 3.63) is 0 Å². The highest BCUT2D eigenvalue weighted by molar-refractivity contribution is 5.81. The van der Waals surface area contributed by atoms with E-state index >= 15 is 0 Å². The van der Waals surface area contributed by atoms with Crippen LogP contribution in [0.1, 0.15) is 39.5 Å². The van der Waals surface area contributed by atoms with E-state index in [4.69, 9.17) is 5.11 Å². The molecule has 0 aromatic rings. The minimum atomic E-state index is -0.990. The van der Waals surface area contributed by atoms with Gasteiger partial charge in [-0.1, -0.05) is 6.42 Å². The van der Waals surface area contributed by atoms with Gasteiger partial charge in [-0.3, -0.25) is 14.4 Å². The van der Waals surface area contributed by atoms with Crippen LogP contribution in [0.25, 0.3) is 0 Å².